The van der Waals surface area contributed by atoms with Crippen molar-refractivity contribution in [3.05, 3.63) is 0 Å². The molecule has 0 fully saturated rings. The summed E-state index contributed by atoms with van der Waals surface area (Å²) in [4.78, 5) is 44.9. The fraction of sp³-hybridized carbons (Fsp3) is 0.818. The molecule has 0 saturated carbocycles. The largest absolute Gasteiger partial charge is 0.481 e. The van der Waals surface area contributed by atoms with Crippen molar-refractivity contribution in [1.29, 1.82) is 0 Å². The molecule has 5 N–H and O–H groups in total. The second-order valence-corrected chi connectivity index (χ2v) is 8.65. The van der Waals surface area contributed by atoms with Crippen molar-refractivity contribution in [2.24, 2.45) is 0 Å². The topological polar surface area (TPSA) is 153 Å². The van der Waals surface area contributed by atoms with E-state index in [0.29, 0.717) is 6.42 Å². The van der Waals surface area contributed by atoms with Crippen molar-refractivity contribution in [3.63, 3.8) is 0 Å². The number of carboxylic acid groups (broad SMARTS) is 2. The van der Waals surface area contributed by atoms with Crippen LogP contribution >= 0.6 is 12.6 Å². The first-order chi connectivity index (χ1) is 15.1. The number of carbonyl (C=O) groups excluding carboxylic acids is 2. The molecule has 0 aliphatic carbocycles. The molecule has 0 heterocycles. The lowest BCUT2D eigenvalue weighted by atomic mass is 10.0. The number of carboxylic acids is 2. The van der Waals surface area contributed by atoms with Crippen molar-refractivity contribution in [1.82, 2.24) is 10.6 Å². The third kappa shape index (κ3) is 18.0. The zero-order chi connectivity index (χ0) is 24.4. The Kier molecular flexibility index (Phi) is 17.9. The average molecular weight is 477 g/mol. The Bertz CT molecular complexity index is 574. The number of carbonyl (C=O) groups is 4. The van der Waals surface area contributed by atoms with Gasteiger partial charge in [0, 0.05) is 12.8 Å². The first kappa shape index (κ1) is 30.4. The zero-order valence-corrected chi connectivity index (χ0v) is 19.9. The third-order valence-corrected chi connectivity index (χ3v) is 5.61. The molecule has 0 bridgehead atoms. The summed E-state index contributed by atoms with van der Waals surface area (Å²) in [6, 6.07) is -1.74. The Morgan fingerprint density at radius 2 is 1.25 bits per heavy atom. The minimum absolute atomic E-state index is 0.0407. The van der Waals surface area contributed by atoms with E-state index in [1.807, 2.05) is 0 Å². The van der Waals surface area contributed by atoms with E-state index < -0.39 is 35.4 Å². The average Bonchev–Trinajstić information content (AvgIpc) is 2.71. The molecule has 186 valence electrons. The normalized spacial score (nSPS) is 13.8. The molecule has 0 rings (SSSR count). The predicted molar refractivity (Wildman–Crippen MR) is 124 cm³/mol. The second-order valence-electron chi connectivity index (χ2n) is 8.21. The Hall–Kier alpha value is -1.65. The van der Waals surface area contributed by atoms with Crippen molar-refractivity contribution in [2.45, 2.75) is 115 Å². The number of aliphatic hydroxyl groups excluding tert-OH is 1. The predicted octanol–water partition coefficient (Wildman–Crippen LogP) is 2.85. The summed E-state index contributed by atoms with van der Waals surface area (Å²) in [5.74, 6) is -2.21. The highest BCUT2D eigenvalue weighted by molar-refractivity contribution is 7.96. The maximum absolute atomic E-state index is 12.0. The zero-order valence-electron chi connectivity index (χ0n) is 19.1. The molecular formula is C22H40N2O7S. The van der Waals surface area contributed by atoms with Crippen molar-refractivity contribution in [2.75, 3.05) is 0 Å². The van der Waals surface area contributed by atoms with E-state index in [-0.39, 0.29) is 31.6 Å². The van der Waals surface area contributed by atoms with Crippen molar-refractivity contribution < 1.29 is 34.5 Å². The highest BCUT2D eigenvalue weighted by Gasteiger charge is 2.22. The van der Waals surface area contributed by atoms with Crippen LogP contribution in [0.5, 0.6) is 0 Å². The maximum atomic E-state index is 12.0. The van der Waals surface area contributed by atoms with Crippen LogP contribution in [0.1, 0.15) is 96.8 Å². The number of aliphatic hydroxyl groups is 1. The van der Waals surface area contributed by atoms with Crippen LogP contribution < -0.4 is 10.6 Å². The maximum Gasteiger partial charge on any atom is 0.326 e. The van der Waals surface area contributed by atoms with Crippen LogP contribution in [-0.4, -0.2) is 56.6 Å². The number of aliphatic carboxylic acids is 2. The van der Waals surface area contributed by atoms with E-state index in [4.69, 9.17) is 5.11 Å². The number of rotatable bonds is 21. The van der Waals surface area contributed by atoms with Crippen LogP contribution in [0, 0.1) is 0 Å². The molecule has 0 aliphatic rings. The lowest BCUT2D eigenvalue weighted by Crippen LogP contribution is -2.44. The Balaban J connectivity index is 3.81. The van der Waals surface area contributed by atoms with Gasteiger partial charge in [-0.05, 0) is 32.6 Å². The standard InChI is InChI=1S/C22H40N2O7S/c1-16(22(31)32)23-19(26)15-14-17(21(29)30)24-18(25)12-10-8-6-4-2-3-5-7-9-11-13-20(27)28/h16-17,19,23,26H,2-15H2,1H3,(H,24,25)(H,27,28)(H,29,30)(H,31,32)/t16-,17-,19?/m0/s1. The van der Waals surface area contributed by atoms with Crippen LogP contribution in [-0.2, 0) is 19.2 Å². The summed E-state index contributed by atoms with van der Waals surface area (Å²) >= 11 is 3.66. The monoisotopic (exact) mass is 476 g/mol. The summed E-state index contributed by atoms with van der Waals surface area (Å²) in [5, 5.41) is 32.4. The summed E-state index contributed by atoms with van der Waals surface area (Å²) < 4.78 is 0. The lowest BCUT2D eigenvalue weighted by molar-refractivity contribution is -0.142. The SMILES string of the molecule is C[C@H](NC(O)CC[C@H](NC(=O)CCCCCCCCCCCCC(=O)O)C(=O)O)C(=O)S. The van der Waals surface area contributed by atoms with Crippen LogP contribution in [0.2, 0.25) is 0 Å². The summed E-state index contributed by atoms with van der Waals surface area (Å²) in [6.45, 7) is 1.54. The molecule has 9 nitrogen and oxygen atoms in total. The van der Waals surface area contributed by atoms with Crippen LogP contribution in [0.3, 0.4) is 0 Å². The van der Waals surface area contributed by atoms with Gasteiger partial charge in [-0.3, -0.25) is 19.7 Å². The van der Waals surface area contributed by atoms with Gasteiger partial charge in [-0.1, -0.05) is 51.4 Å². The van der Waals surface area contributed by atoms with Gasteiger partial charge in [-0.25, -0.2) is 4.79 Å². The van der Waals surface area contributed by atoms with Crippen LogP contribution in [0.15, 0.2) is 0 Å². The van der Waals surface area contributed by atoms with Crippen molar-refractivity contribution in [3.8, 4) is 0 Å². The van der Waals surface area contributed by atoms with Gasteiger partial charge < -0.3 is 20.6 Å². The Morgan fingerprint density at radius 3 is 1.69 bits per heavy atom. The highest BCUT2D eigenvalue weighted by atomic mass is 32.1. The Labute approximate surface area is 196 Å². The van der Waals surface area contributed by atoms with Crippen LogP contribution in [0.4, 0.5) is 0 Å². The van der Waals surface area contributed by atoms with Gasteiger partial charge >= 0.3 is 11.9 Å². The smallest absolute Gasteiger partial charge is 0.326 e. The highest BCUT2D eigenvalue weighted by Crippen LogP contribution is 2.12. The van der Waals surface area contributed by atoms with Gasteiger partial charge in [-0.15, -0.1) is 12.6 Å². The number of nitrogens with one attached hydrogen (secondary N) is 2. The molecule has 0 aromatic heterocycles. The number of thiol groups is 1. The van der Waals surface area contributed by atoms with Crippen LogP contribution in [0.25, 0.3) is 0 Å². The van der Waals surface area contributed by atoms with Gasteiger partial charge in [0.05, 0.1) is 6.04 Å². The molecule has 0 aliphatic heterocycles. The Morgan fingerprint density at radius 1 is 0.781 bits per heavy atom. The first-order valence-corrected chi connectivity index (χ1v) is 12.0. The van der Waals surface area contributed by atoms with Crippen molar-refractivity contribution >= 4 is 35.6 Å². The number of hydrogen-bond acceptors (Lipinski definition) is 6. The first-order valence-electron chi connectivity index (χ1n) is 11.5. The molecule has 0 aromatic rings. The number of unbranched alkanes of at least 4 members (excludes halogenated alkanes) is 9. The van der Waals surface area contributed by atoms with Gasteiger partial charge in [-0.2, -0.15) is 0 Å². The van der Waals surface area contributed by atoms with E-state index >= 15 is 0 Å². The van der Waals surface area contributed by atoms with Gasteiger partial charge in [0.15, 0.2) is 0 Å². The number of hydrogen-bond donors (Lipinski definition) is 6. The van der Waals surface area contributed by atoms with E-state index in [0.717, 1.165) is 57.8 Å². The lowest BCUT2D eigenvalue weighted by Gasteiger charge is -2.19. The molecule has 1 amide bonds. The molecule has 0 spiro atoms. The van der Waals surface area contributed by atoms with E-state index in [1.165, 1.54) is 0 Å². The molecule has 0 aromatic carbocycles. The molecule has 0 radical (unpaired) electrons. The fourth-order valence-electron chi connectivity index (χ4n) is 3.27. The van der Waals surface area contributed by atoms with Gasteiger partial charge in [0.2, 0.25) is 11.0 Å². The molecular weight excluding hydrogens is 436 g/mol. The van der Waals surface area contributed by atoms with E-state index in [1.54, 1.807) is 6.92 Å². The molecule has 0 saturated heterocycles. The summed E-state index contributed by atoms with van der Waals surface area (Å²) in [7, 11) is 0. The minimum Gasteiger partial charge on any atom is -0.481 e. The number of amides is 1. The van der Waals surface area contributed by atoms with Gasteiger partial charge in [0.25, 0.3) is 0 Å². The summed E-state index contributed by atoms with van der Waals surface area (Å²) in [5.41, 5.74) is 0. The van der Waals surface area contributed by atoms with E-state index in [9.17, 15) is 29.4 Å². The summed E-state index contributed by atoms with van der Waals surface area (Å²) in [6.07, 6.45) is 9.42. The minimum atomic E-state index is -1.16. The molecule has 10 heteroatoms. The third-order valence-electron chi connectivity index (χ3n) is 5.22. The molecule has 1 unspecified atom stereocenters. The second kappa shape index (κ2) is 18.9. The fourth-order valence-corrected chi connectivity index (χ4v) is 3.34. The quantitative estimate of drug-likeness (QED) is 0.0840. The molecule has 32 heavy (non-hydrogen) atoms. The van der Waals surface area contributed by atoms with Gasteiger partial charge in [0.1, 0.15) is 12.3 Å². The molecule has 3 atom stereocenters. The van der Waals surface area contributed by atoms with E-state index in [2.05, 4.69) is 23.3 Å².